The monoisotopic (exact) mass is 203 g/mol. The number of phenolic OH excluding ortho intramolecular Hbond substituents is 1. The second-order valence-corrected chi connectivity index (χ2v) is 3.24. The molecule has 3 heteroatoms. The number of alkyl halides is 1. The van der Waals surface area contributed by atoms with Gasteiger partial charge in [-0.15, -0.1) is 0 Å². The first-order chi connectivity index (χ1) is 7.27. The molecule has 1 aromatic carbocycles. The highest BCUT2D eigenvalue weighted by atomic mass is 19.1. The van der Waals surface area contributed by atoms with Crippen molar-refractivity contribution in [3.63, 3.8) is 0 Å². The first-order valence-electron chi connectivity index (χ1n) is 4.60. The van der Waals surface area contributed by atoms with Crippen LogP contribution >= 0.6 is 0 Å². The van der Waals surface area contributed by atoms with Crippen LogP contribution in [-0.4, -0.2) is 10.1 Å². The smallest absolute Gasteiger partial charge is 0.152 e. The molecule has 0 aliphatic heterocycles. The normalized spacial score (nSPS) is 12.3. The lowest BCUT2D eigenvalue weighted by Gasteiger charge is -2.08. The van der Waals surface area contributed by atoms with Crippen molar-refractivity contribution in [3.8, 4) is 5.75 Å². The predicted molar refractivity (Wildman–Crippen MR) is 55.3 cm³/mol. The topological polar surface area (TPSA) is 33.1 Å². The Hall–Kier alpha value is -1.90. The minimum absolute atomic E-state index is 0.0686. The van der Waals surface area contributed by atoms with Gasteiger partial charge in [-0.05, 0) is 23.8 Å². The third-order valence-corrected chi connectivity index (χ3v) is 2.14. The summed E-state index contributed by atoms with van der Waals surface area (Å²) in [6.45, 7) is 0. The number of nitrogens with zero attached hydrogens (tertiary/aromatic N) is 1. The molecule has 0 amide bonds. The van der Waals surface area contributed by atoms with Crippen molar-refractivity contribution in [1.82, 2.24) is 4.98 Å². The number of benzene rings is 1. The van der Waals surface area contributed by atoms with Gasteiger partial charge in [0.05, 0.1) is 0 Å². The SMILES string of the molecule is Oc1cccc(C(F)c2cccnc2)c1. The van der Waals surface area contributed by atoms with E-state index in [1.54, 1.807) is 30.5 Å². The van der Waals surface area contributed by atoms with Crippen LogP contribution in [0.1, 0.15) is 17.3 Å². The van der Waals surface area contributed by atoms with Gasteiger partial charge in [0.15, 0.2) is 6.17 Å². The third kappa shape index (κ3) is 2.13. The molecule has 0 aliphatic carbocycles. The Labute approximate surface area is 87.0 Å². The number of pyridine rings is 1. The number of aromatic nitrogens is 1. The lowest BCUT2D eigenvalue weighted by molar-refractivity contribution is 0.398. The Morgan fingerprint density at radius 1 is 1.13 bits per heavy atom. The average molecular weight is 203 g/mol. The molecule has 1 aromatic heterocycles. The van der Waals surface area contributed by atoms with Crippen LogP contribution in [0, 0.1) is 0 Å². The zero-order valence-electron chi connectivity index (χ0n) is 7.97. The molecule has 76 valence electrons. The molecular formula is C12H10FNO. The van der Waals surface area contributed by atoms with Crippen LogP contribution < -0.4 is 0 Å². The molecule has 15 heavy (non-hydrogen) atoms. The van der Waals surface area contributed by atoms with E-state index in [1.807, 2.05) is 0 Å². The molecule has 1 unspecified atom stereocenters. The standard InChI is InChI=1S/C12H10FNO/c13-12(10-4-2-6-14-8-10)9-3-1-5-11(15)7-9/h1-8,12,15H. The zero-order chi connectivity index (χ0) is 10.7. The van der Waals surface area contributed by atoms with Crippen LogP contribution in [0.25, 0.3) is 0 Å². The predicted octanol–water partition coefficient (Wildman–Crippen LogP) is 2.85. The van der Waals surface area contributed by atoms with Crippen LogP contribution in [0.3, 0.4) is 0 Å². The average Bonchev–Trinajstić information content (AvgIpc) is 2.29. The van der Waals surface area contributed by atoms with Crippen LogP contribution in [0.15, 0.2) is 48.8 Å². The van der Waals surface area contributed by atoms with Crippen molar-refractivity contribution in [3.05, 3.63) is 59.9 Å². The van der Waals surface area contributed by atoms with Crippen molar-refractivity contribution >= 4 is 0 Å². The van der Waals surface area contributed by atoms with E-state index in [2.05, 4.69) is 4.98 Å². The fraction of sp³-hybridized carbons (Fsp3) is 0.0833. The highest BCUT2D eigenvalue weighted by molar-refractivity contribution is 5.33. The minimum Gasteiger partial charge on any atom is -0.508 e. The Morgan fingerprint density at radius 2 is 1.93 bits per heavy atom. The molecular weight excluding hydrogens is 193 g/mol. The van der Waals surface area contributed by atoms with E-state index in [0.717, 1.165) is 0 Å². The summed E-state index contributed by atoms with van der Waals surface area (Å²) in [6.07, 6.45) is 1.83. The summed E-state index contributed by atoms with van der Waals surface area (Å²) in [7, 11) is 0. The van der Waals surface area contributed by atoms with Crippen molar-refractivity contribution in [2.24, 2.45) is 0 Å². The zero-order valence-corrected chi connectivity index (χ0v) is 7.97. The van der Waals surface area contributed by atoms with E-state index < -0.39 is 6.17 Å². The summed E-state index contributed by atoms with van der Waals surface area (Å²) in [5, 5.41) is 9.23. The summed E-state index contributed by atoms with van der Waals surface area (Å²) >= 11 is 0. The van der Waals surface area contributed by atoms with E-state index in [0.29, 0.717) is 11.1 Å². The van der Waals surface area contributed by atoms with Gasteiger partial charge >= 0.3 is 0 Å². The largest absolute Gasteiger partial charge is 0.508 e. The molecule has 0 saturated carbocycles. The fourth-order valence-electron chi connectivity index (χ4n) is 1.40. The molecule has 1 heterocycles. The van der Waals surface area contributed by atoms with E-state index in [1.165, 1.54) is 18.3 Å². The maximum atomic E-state index is 13.9. The molecule has 0 radical (unpaired) electrons. The van der Waals surface area contributed by atoms with E-state index in [4.69, 9.17) is 0 Å². The van der Waals surface area contributed by atoms with Crippen LogP contribution in [0.4, 0.5) is 4.39 Å². The van der Waals surface area contributed by atoms with Gasteiger partial charge in [0.2, 0.25) is 0 Å². The number of aromatic hydroxyl groups is 1. The highest BCUT2D eigenvalue weighted by Crippen LogP contribution is 2.27. The number of rotatable bonds is 2. The second kappa shape index (κ2) is 4.09. The molecule has 0 fully saturated rings. The van der Waals surface area contributed by atoms with Crippen LogP contribution in [0.2, 0.25) is 0 Å². The summed E-state index contributed by atoms with van der Waals surface area (Å²) in [6, 6.07) is 9.54. The Morgan fingerprint density at radius 3 is 2.60 bits per heavy atom. The summed E-state index contributed by atoms with van der Waals surface area (Å²) in [4.78, 5) is 3.85. The fourth-order valence-corrected chi connectivity index (χ4v) is 1.40. The van der Waals surface area contributed by atoms with Gasteiger partial charge in [-0.25, -0.2) is 4.39 Å². The van der Waals surface area contributed by atoms with Gasteiger partial charge in [-0.2, -0.15) is 0 Å². The van der Waals surface area contributed by atoms with Crippen molar-refractivity contribution in [2.75, 3.05) is 0 Å². The lowest BCUT2D eigenvalue weighted by atomic mass is 10.0. The number of phenols is 1. The maximum absolute atomic E-state index is 13.9. The first kappa shape index (κ1) is 9.65. The molecule has 1 atom stereocenters. The number of hydrogen-bond donors (Lipinski definition) is 1. The molecule has 0 spiro atoms. The summed E-state index contributed by atoms with van der Waals surface area (Å²) in [5.41, 5.74) is 0.922. The van der Waals surface area contributed by atoms with Crippen molar-refractivity contribution < 1.29 is 9.50 Å². The molecule has 1 N–H and O–H groups in total. The molecule has 0 saturated heterocycles. The quantitative estimate of drug-likeness (QED) is 0.814. The van der Waals surface area contributed by atoms with Gasteiger partial charge in [-0.1, -0.05) is 18.2 Å². The number of halogens is 1. The lowest BCUT2D eigenvalue weighted by Crippen LogP contribution is -1.94. The van der Waals surface area contributed by atoms with Crippen LogP contribution in [-0.2, 0) is 0 Å². The summed E-state index contributed by atoms with van der Waals surface area (Å²) in [5.74, 6) is 0.0686. The van der Waals surface area contributed by atoms with Gasteiger partial charge in [0.1, 0.15) is 5.75 Å². The number of hydrogen-bond acceptors (Lipinski definition) is 2. The van der Waals surface area contributed by atoms with Gasteiger partial charge in [-0.3, -0.25) is 4.98 Å². The van der Waals surface area contributed by atoms with E-state index >= 15 is 0 Å². The van der Waals surface area contributed by atoms with E-state index in [9.17, 15) is 9.50 Å². The highest BCUT2D eigenvalue weighted by Gasteiger charge is 2.12. The minimum atomic E-state index is -1.24. The van der Waals surface area contributed by atoms with Crippen molar-refractivity contribution in [2.45, 2.75) is 6.17 Å². The molecule has 0 aliphatic rings. The molecule has 2 aromatic rings. The van der Waals surface area contributed by atoms with Crippen molar-refractivity contribution in [1.29, 1.82) is 0 Å². The van der Waals surface area contributed by atoms with E-state index in [-0.39, 0.29) is 5.75 Å². The third-order valence-electron chi connectivity index (χ3n) is 2.14. The Kier molecular flexibility index (Phi) is 2.63. The molecule has 2 nitrogen and oxygen atoms in total. The first-order valence-corrected chi connectivity index (χ1v) is 4.60. The maximum Gasteiger partial charge on any atom is 0.152 e. The van der Waals surface area contributed by atoms with Gasteiger partial charge < -0.3 is 5.11 Å². The second-order valence-electron chi connectivity index (χ2n) is 3.24. The molecule has 0 bridgehead atoms. The Bertz CT molecular complexity index is 444. The van der Waals surface area contributed by atoms with Gasteiger partial charge in [0.25, 0.3) is 0 Å². The van der Waals surface area contributed by atoms with Gasteiger partial charge in [0, 0.05) is 18.0 Å². The summed E-state index contributed by atoms with van der Waals surface area (Å²) < 4.78 is 13.9. The molecule has 2 rings (SSSR count). The Balaban J connectivity index is 2.32. The van der Waals surface area contributed by atoms with Crippen LogP contribution in [0.5, 0.6) is 5.75 Å².